The number of carbonyl (C=O) groups excluding carboxylic acids is 1. The normalized spacial score (nSPS) is 10.8. The molecule has 0 atom stereocenters. The molecule has 25 heavy (non-hydrogen) atoms. The molecule has 0 saturated heterocycles. The number of benzene rings is 2. The molecule has 2 aromatic rings. The van der Waals surface area contributed by atoms with Crippen molar-refractivity contribution >= 4 is 16.8 Å². The number of aryl methyl sites for hydroxylation is 1. The fourth-order valence-electron chi connectivity index (χ4n) is 3.00. The molecule has 0 heterocycles. The van der Waals surface area contributed by atoms with E-state index in [0.29, 0.717) is 0 Å². The van der Waals surface area contributed by atoms with E-state index in [9.17, 15) is 9.18 Å². The van der Waals surface area contributed by atoms with Gasteiger partial charge in [-0.1, -0.05) is 75.8 Å². The Bertz CT molecular complexity index is 679. The largest absolute Gasteiger partial charge is 0.275 e. The molecule has 0 aliphatic carbocycles. The third-order valence-corrected chi connectivity index (χ3v) is 4.74. The SMILES string of the molecule is CCCCCCCCCc1ccc(-c2ccc(C(=O)Cl)c(F)c2)cc1. The Morgan fingerprint density at radius 3 is 2.08 bits per heavy atom. The molecule has 2 rings (SSSR count). The van der Waals surface area contributed by atoms with Crippen molar-refractivity contribution in [3.8, 4) is 11.1 Å². The van der Waals surface area contributed by atoms with E-state index in [1.54, 1.807) is 6.07 Å². The van der Waals surface area contributed by atoms with Gasteiger partial charge in [-0.05, 0) is 53.3 Å². The van der Waals surface area contributed by atoms with Gasteiger partial charge in [0, 0.05) is 0 Å². The molecule has 0 aliphatic rings. The Morgan fingerprint density at radius 2 is 1.48 bits per heavy atom. The number of rotatable bonds is 10. The van der Waals surface area contributed by atoms with Gasteiger partial charge in [0.25, 0.3) is 5.24 Å². The van der Waals surface area contributed by atoms with Crippen molar-refractivity contribution in [3.63, 3.8) is 0 Å². The van der Waals surface area contributed by atoms with Crippen LogP contribution < -0.4 is 0 Å². The highest BCUT2D eigenvalue weighted by Gasteiger charge is 2.10. The minimum Gasteiger partial charge on any atom is -0.275 e. The second kappa shape index (κ2) is 10.4. The Kier molecular flexibility index (Phi) is 8.14. The summed E-state index contributed by atoms with van der Waals surface area (Å²) < 4.78 is 13.9. The summed E-state index contributed by atoms with van der Waals surface area (Å²) in [6.07, 6.45) is 10.3. The van der Waals surface area contributed by atoms with Crippen LogP contribution in [0.1, 0.15) is 67.8 Å². The van der Waals surface area contributed by atoms with E-state index >= 15 is 0 Å². The lowest BCUT2D eigenvalue weighted by Crippen LogP contribution is -1.94. The minimum absolute atomic E-state index is 0.0824. The lowest BCUT2D eigenvalue weighted by Gasteiger charge is -2.06. The first kappa shape index (κ1) is 19.7. The highest BCUT2D eigenvalue weighted by molar-refractivity contribution is 6.67. The maximum atomic E-state index is 13.9. The Balaban J connectivity index is 1.85. The molecule has 0 amide bonds. The predicted octanol–water partition coefficient (Wildman–Crippen LogP) is 7.16. The quantitative estimate of drug-likeness (QED) is 0.324. The zero-order valence-electron chi connectivity index (χ0n) is 14.9. The molecule has 0 aromatic heterocycles. The van der Waals surface area contributed by atoms with E-state index in [2.05, 4.69) is 19.1 Å². The molecular formula is C22H26ClFO. The van der Waals surface area contributed by atoms with Crippen LogP contribution >= 0.6 is 11.6 Å². The molecular weight excluding hydrogens is 335 g/mol. The van der Waals surface area contributed by atoms with Crippen molar-refractivity contribution in [1.29, 1.82) is 0 Å². The first-order chi connectivity index (χ1) is 12.1. The molecule has 2 aromatic carbocycles. The van der Waals surface area contributed by atoms with Crippen LogP contribution in [-0.2, 0) is 6.42 Å². The zero-order valence-corrected chi connectivity index (χ0v) is 15.6. The van der Waals surface area contributed by atoms with Gasteiger partial charge in [0.15, 0.2) is 0 Å². The fraction of sp³-hybridized carbons (Fsp3) is 0.409. The first-order valence-electron chi connectivity index (χ1n) is 9.20. The smallest absolute Gasteiger partial charge is 0.255 e. The third-order valence-electron chi connectivity index (χ3n) is 4.54. The topological polar surface area (TPSA) is 17.1 Å². The molecule has 1 nitrogen and oxygen atoms in total. The summed E-state index contributed by atoms with van der Waals surface area (Å²) in [5.41, 5.74) is 2.92. The summed E-state index contributed by atoms with van der Waals surface area (Å²) in [5.74, 6) is -0.579. The van der Waals surface area contributed by atoms with Crippen LogP contribution in [0.25, 0.3) is 11.1 Å². The van der Waals surface area contributed by atoms with Gasteiger partial charge in [-0.25, -0.2) is 4.39 Å². The lowest BCUT2D eigenvalue weighted by atomic mass is 10.00. The number of hydrogen-bond acceptors (Lipinski definition) is 1. The van der Waals surface area contributed by atoms with Crippen molar-refractivity contribution in [3.05, 3.63) is 59.4 Å². The third kappa shape index (κ3) is 6.28. The molecule has 0 radical (unpaired) electrons. The average molecular weight is 361 g/mol. The van der Waals surface area contributed by atoms with Gasteiger partial charge in [-0.2, -0.15) is 0 Å². The lowest BCUT2D eigenvalue weighted by molar-refractivity contribution is 0.107. The predicted molar refractivity (Wildman–Crippen MR) is 104 cm³/mol. The molecule has 0 fully saturated rings. The molecule has 0 aliphatic heterocycles. The number of unbranched alkanes of at least 4 members (excludes halogenated alkanes) is 6. The monoisotopic (exact) mass is 360 g/mol. The molecule has 0 bridgehead atoms. The Labute approximate surface area is 155 Å². The van der Waals surface area contributed by atoms with Crippen LogP contribution in [0.5, 0.6) is 0 Å². The second-order valence-corrected chi connectivity index (χ2v) is 6.88. The van der Waals surface area contributed by atoms with Crippen molar-refractivity contribution in [2.24, 2.45) is 0 Å². The summed E-state index contributed by atoms with van der Waals surface area (Å²) in [6.45, 7) is 2.24. The Morgan fingerprint density at radius 1 is 0.880 bits per heavy atom. The van der Waals surface area contributed by atoms with Gasteiger partial charge in [0.2, 0.25) is 0 Å². The summed E-state index contributed by atoms with van der Waals surface area (Å²) >= 11 is 5.34. The van der Waals surface area contributed by atoms with Gasteiger partial charge >= 0.3 is 0 Å². The van der Waals surface area contributed by atoms with Crippen molar-refractivity contribution < 1.29 is 9.18 Å². The molecule has 0 unspecified atom stereocenters. The molecule has 0 spiro atoms. The van der Waals surface area contributed by atoms with E-state index in [4.69, 9.17) is 11.6 Å². The standard InChI is InChI=1S/C22H26ClFO/c1-2-3-4-5-6-7-8-9-17-10-12-18(13-11-17)19-14-15-20(22(23)25)21(24)16-19/h10-16H,2-9H2,1H3. The molecule has 134 valence electrons. The molecule has 0 saturated carbocycles. The van der Waals surface area contributed by atoms with Crippen molar-refractivity contribution in [2.45, 2.75) is 58.3 Å². The summed E-state index contributed by atoms with van der Waals surface area (Å²) in [4.78, 5) is 11.1. The van der Waals surface area contributed by atoms with E-state index < -0.39 is 11.1 Å². The van der Waals surface area contributed by atoms with Gasteiger partial charge in [-0.3, -0.25) is 4.79 Å². The van der Waals surface area contributed by atoms with Crippen molar-refractivity contribution in [1.82, 2.24) is 0 Å². The van der Waals surface area contributed by atoms with Crippen LogP contribution in [0.3, 0.4) is 0 Å². The van der Waals surface area contributed by atoms with Gasteiger partial charge in [-0.15, -0.1) is 0 Å². The first-order valence-corrected chi connectivity index (χ1v) is 9.58. The minimum atomic E-state index is -0.769. The van der Waals surface area contributed by atoms with E-state index in [0.717, 1.165) is 17.5 Å². The maximum Gasteiger partial charge on any atom is 0.255 e. The van der Waals surface area contributed by atoms with E-state index in [-0.39, 0.29) is 5.56 Å². The highest BCUT2D eigenvalue weighted by atomic mass is 35.5. The van der Waals surface area contributed by atoms with E-state index in [1.165, 1.54) is 62.6 Å². The summed E-state index contributed by atoms with van der Waals surface area (Å²) in [5, 5.41) is -0.769. The summed E-state index contributed by atoms with van der Waals surface area (Å²) in [6, 6.07) is 12.7. The molecule has 0 N–H and O–H groups in total. The van der Waals surface area contributed by atoms with Gasteiger partial charge in [0.1, 0.15) is 5.82 Å². The molecule has 3 heteroatoms. The maximum absolute atomic E-state index is 13.9. The van der Waals surface area contributed by atoms with Crippen LogP contribution in [0, 0.1) is 5.82 Å². The number of halogens is 2. The van der Waals surface area contributed by atoms with Crippen LogP contribution in [-0.4, -0.2) is 5.24 Å². The van der Waals surface area contributed by atoms with Crippen LogP contribution in [0.15, 0.2) is 42.5 Å². The van der Waals surface area contributed by atoms with E-state index in [1.807, 2.05) is 12.1 Å². The summed E-state index contributed by atoms with van der Waals surface area (Å²) in [7, 11) is 0. The van der Waals surface area contributed by atoms with Crippen LogP contribution in [0.2, 0.25) is 0 Å². The fourth-order valence-corrected chi connectivity index (χ4v) is 3.16. The average Bonchev–Trinajstić information content (AvgIpc) is 2.61. The van der Waals surface area contributed by atoms with Crippen molar-refractivity contribution in [2.75, 3.05) is 0 Å². The highest BCUT2D eigenvalue weighted by Crippen LogP contribution is 2.23. The Hall–Kier alpha value is -1.67. The van der Waals surface area contributed by atoms with Crippen LogP contribution in [0.4, 0.5) is 4.39 Å². The van der Waals surface area contributed by atoms with Gasteiger partial charge in [0.05, 0.1) is 5.56 Å². The number of carbonyl (C=O) groups is 1. The van der Waals surface area contributed by atoms with Gasteiger partial charge < -0.3 is 0 Å². The number of hydrogen-bond donors (Lipinski definition) is 0. The second-order valence-electron chi connectivity index (χ2n) is 6.54. The zero-order chi connectivity index (χ0) is 18.1.